The molecule has 0 atom stereocenters. The van der Waals surface area contributed by atoms with E-state index in [1.165, 1.54) is 49.4 Å². The monoisotopic (exact) mass is 454 g/mol. The van der Waals surface area contributed by atoms with Crippen LogP contribution in [0.5, 0.6) is 0 Å². The molecule has 0 fully saturated rings. The molecule has 0 spiro atoms. The number of carbonyl (C=O) groups excluding carboxylic acids is 1. The lowest BCUT2D eigenvalue weighted by atomic mass is 9.94. The molecule has 0 aliphatic heterocycles. The summed E-state index contributed by atoms with van der Waals surface area (Å²) in [7, 11) is -3.74. The molecule has 0 aliphatic rings. The normalized spacial score (nSPS) is 11.7. The zero-order chi connectivity index (χ0) is 22.5. The van der Waals surface area contributed by atoms with E-state index in [2.05, 4.69) is 15.4 Å². The number of nitro groups is 1. The van der Waals surface area contributed by atoms with Crippen molar-refractivity contribution >= 4 is 44.6 Å². The lowest BCUT2D eigenvalue weighted by molar-refractivity contribution is -0.384. The Kier molecular flexibility index (Phi) is 7.40. The molecule has 0 radical (unpaired) electrons. The van der Waals surface area contributed by atoms with Gasteiger partial charge < -0.3 is 10.6 Å². The average molecular weight is 455 g/mol. The molecular formula is C19H23ClN4O5S. The van der Waals surface area contributed by atoms with Crippen LogP contribution < -0.4 is 15.4 Å². The predicted octanol–water partition coefficient (Wildman–Crippen LogP) is 3.62. The Morgan fingerprint density at radius 1 is 1.13 bits per heavy atom. The van der Waals surface area contributed by atoms with Crippen LogP contribution in [0.2, 0.25) is 5.02 Å². The van der Waals surface area contributed by atoms with Crippen molar-refractivity contribution in [3.8, 4) is 0 Å². The zero-order valence-corrected chi connectivity index (χ0v) is 18.3. The summed E-state index contributed by atoms with van der Waals surface area (Å²) >= 11 is 6.07. The van der Waals surface area contributed by atoms with Gasteiger partial charge >= 0.3 is 0 Å². The third-order valence-electron chi connectivity index (χ3n) is 4.15. The highest BCUT2D eigenvalue weighted by atomic mass is 35.5. The summed E-state index contributed by atoms with van der Waals surface area (Å²) in [6.07, 6.45) is 0. The minimum atomic E-state index is -3.74. The molecule has 0 saturated heterocycles. The highest BCUT2D eigenvalue weighted by Crippen LogP contribution is 2.28. The standard InChI is InChI=1S/C19H23ClN4O5S/c1-13(25)23-14-4-7-16(8-5-14)30(28,29)22-12-19(2,3)11-21-18-9-6-15(24(26)27)10-17(18)20/h4-10,21-22H,11-12H2,1-3H3,(H,23,25). The summed E-state index contributed by atoms with van der Waals surface area (Å²) in [4.78, 5) is 21.4. The maximum absolute atomic E-state index is 12.5. The smallest absolute Gasteiger partial charge is 0.271 e. The van der Waals surface area contributed by atoms with Crippen LogP contribution in [-0.2, 0) is 14.8 Å². The molecule has 0 aromatic heterocycles. The number of benzene rings is 2. The summed E-state index contributed by atoms with van der Waals surface area (Å²) in [5, 5.41) is 16.7. The molecular weight excluding hydrogens is 432 g/mol. The van der Waals surface area contributed by atoms with Gasteiger partial charge in [-0.15, -0.1) is 0 Å². The Hall–Kier alpha value is -2.69. The molecule has 0 aliphatic carbocycles. The van der Waals surface area contributed by atoms with Gasteiger partial charge in [-0.1, -0.05) is 25.4 Å². The van der Waals surface area contributed by atoms with E-state index in [0.717, 1.165) is 0 Å². The Morgan fingerprint density at radius 3 is 2.30 bits per heavy atom. The quantitative estimate of drug-likeness (QED) is 0.391. The molecule has 11 heteroatoms. The first-order valence-electron chi connectivity index (χ1n) is 8.95. The van der Waals surface area contributed by atoms with Gasteiger partial charge in [-0.3, -0.25) is 14.9 Å². The first-order chi connectivity index (χ1) is 13.9. The Balaban J connectivity index is 1.98. The fraction of sp³-hybridized carbons (Fsp3) is 0.316. The van der Waals surface area contributed by atoms with E-state index in [9.17, 15) is 23.3 Å². The number of anilines is 2. The number of nitrogens with zero attached hydrogens (tertiary/aromatic N) is 1. The van der Waals surface area contributed by atoms with Gasteiger partial charge in [0.15, 0.2) is 0 Å². The number of hydrogen-bond donors (Lipinski definition) is 3. The Labute approximate surface area is 180 Å². The van der Waals surface area contributed by atoms with Gasteiger partial charge in [0.05, 0.1) is 20.5 Å². The summed E-state index contributed by atoms with van der Waals surface area (Å²) < 4.78 is 27.6. The topological polar surface area (TPSA) is 130 Å². The van der Waals surface area contributed by atoms with Crippen molar-refractivity contribution < 1.29 is 18.1 Å². The van der Waals surface area contributed by atoms with E-state index in [-0.39, 0.29) is 28.1 Å². The van der Waals surface area contributed by atoms with Crippen molar-refractivity contribution in [2.75, 3.05) is 23.7 Å². The minimum absolute atomic E-state index is 0.0822. The van der Waals surface area contributed by atoms with E-state index in [1.807, 2.05) is 13.8 Å². The van der Waals surface area contributed by atoms with E-state index >= 15 is 0 Å². The predicted molar refractivity (Wildman–Crippen MR) is 116 cm³/mol. The first kappa shape index (κ1) is 23.6. The number of rotatable bonds is 9. The highest BCUT2D eigenvalue weighted by molar-refractivity contribution is 7.89. The van der Waals surface area contributed by atoms with Gasteiger partial charge in [-0.25, -0.2) is 13.1 Å². The molecule has 0 bridgehead atoms. The van der Waals surface area contributed by atoms with Crippen molar-refractivity contribution in [3.63, 3.8) is 0 Å². The van der Waals surface area contributed by atoms with Crippen LogP contribution in [0.3, 0.4) is 0 Å². The van der Waals surface area contributed by atoms with Gasteiger partial charge in [-0.2, -0.15) is 0 Å². The number of amides is 1. The maximum Gasteiger partial charge on any atom is 0.271 e. The number of sulfonamides is 1. The number of carbonyl (C=O) groups is 1. The van der Waals surface area contributed by atoms with Crippen molar-refractivity contribution in [2.45, 2.75) is 25.7 Å². The molecule has 0 heterocycles. The van der Waals surface area contributed by atoms with E-state index in [4.69, 9.17) is 11.6 Å². The summed E-state index contributed by atoms with van der Waals surface area (Å²) in [5.74, 6) is -0.244. The maximum atomic E-state index is 12.5. The molecule has 2 aromatic carbocycles. The highest BCUT2D eigenvalue weighted by Gasteiger charge is 2.23. The lowest BCUT2D eigenvalue weighted by Crippen LogP contribution is -2.38. The second-order valence-corrected chi connectivity index (χ2v) is 9.64. The minimum Gasteiger partial charge on any atom is -0.383 e. The van der Waals surface area contributed by atoms with Crippen LogP contribution in [0.1, 0.15) is 20.8 Å². The number of halogens is 1. The first-order valence-corrected chi connectivity index (χ1v) is 10.8. The van der Waals surface area contributed by atoms with Crippen LogP contribution in [-0.4, -0.2) is 32.3 Å². The second kappa shape index (κ2) is 9.41. The number of nitrogens with one attached hydrogen (secondary N) is 3. The molecule has 2 rings (SSSR count). The summed E-state index contributed by atoms with van der Waals surface area (Å²) in [6, 6.07) is 9.96. The van der Waals surface area contributed by atoms with E-state index in [1.54, 1.807) is 0 Å². The van der Waals surface area contributed by atoms with E-state index < -0.39 is 20.4 Å². The van der Waals surface area contributed by atoms with Gasteiger partial charge in [0.25, 0.3) is 5.69 Å². The number of nitro benzene ring substituents is 1. The molecule has 162 valence electrons. The molecule has 0 saturated carbocycles. The van der Waals surface area contributed by atoms with Crippen molar-refractivity contribution in [1.29, 1.82) is 0 Å². The molecule has 30 heavy (non-hydrogen) atoms. The molecule has 9 nitrogen and oxygen atoms in total. The van der Waals surface area contributed by atoms with Gasteiger partial charge in [0.2, 0.25) is 15.9 Å². The fourth-order valence-corrected chi connectivity index (χ4v) is 3.94. The van der Waals surface area contributed by atoms with Crippen molar-refractivity contribution in [2.24, 2.45) is 5.41 Å². The van der Waals surface area contributed by atoms with Crippen LogP contribution in [0.25, 0.3) is 0 Å². The summed E-state index contributed by atoms with van der Waals surface area (Å²) in [6.45, 7) is 5.60. The second-order valence-electron chi connectivity index (χ2n) is 7.47. The zero-order valence-electron chi connectivity index (χ0n) is 16.7. The van der Waals surface area contributed by atoms with Gasteiger partial charge in [0, 0.05) is 37.8 Å². The van der Waals surface area contributed by atoms with Crippen molar-refractivity contribution in [3.05, 3.63) is 57.6 Å². The van der Waals surface area contributed by atoms with Crippen LogP contribution in [0.15, 0.2) is 47.4 Å². The van der Waals surface area contributed by atoms with Crippen molar-refractivity contribution in [1.82, 2.24) is 4.72 Å². The largest absolute Gasteiger partial charge is 0.383 e. The van der Waals surface area contributed by atoms with E-state index in [0.29, 0.717) is 17.9 Å². The van der Waals surface area contributed by atoms with Crippen LogP contribution in [0.4, 0.5) is 17.1 Å². The number of non-ortho nitro benzene ring substituents is 1. The Morgan fingerprint density at radius 2 is 1.77 bits per heavy atom. The van der Waals surface area contributed by atoms with Gasteiger partial charge in [-0.05, 0) is 35.7 Å². The van der Waals surface area contributed by atoms with Crippen LogP contribution >= 0.6 is 11.6 Å². The fourth-order valence-electron chi connectivity index (χ4n) is 2.45. The average Bonchev–Trinajstić information content (AvgIpc) is 2.65. The van der Waals surface area contributed by atoms with Crippen LogP contribution in [0, 0.1) is 15.5 Å². The van der Waals surface area contributed by atoms with Gasteiger partial charge in [0.1, 0.15) is 0 Å². The summed E-state index contributed by atoms with van der Waals surface area (Å²) in [5.41, 5.74) is 0.425. The molecule has 0 unspecified atom stereocenters. The molecule has 1 amide bonds. The Bertz CT molecular complexity index is 1040. The lowest BCUT2D eigenvalue weighted by Gasteiger charge is -2.26. The molecule has 2 aromatic rings. The molecule has 3 N–H and O–H groups in total. The number of hydrogen-bond acceptors (Lipinski definition) is 6. The third kappa shape index (κ3) is 6.68. The SMILES string of the molecule is CC(=O)Nc1ccc(S(=O)(=O)NCC(C)(C)CNc2ccc([N+](=O)[O-])cc2Cl)cc1. The third-order valence-corrected chi connectivity index (χ3v) is 5.88.